The van der Waals surface area contributed by atoms with Crippen molar-refractivity contribution in [3.05, 3.63) is 29.3 Å². The van der Waals surface area contributed by atoms with Crippen molar-refractivity contribution in [2.75, 3.05) is 20.7 Å². The van der Waals surface area contributed by atoms with E-state index in [1.54, 1.807) is 7.11 Å². The van der Waals surface area contributed by atoms with Gasteiger partial charge in [-0.2, -0.15) is 0 Å². The van der Waals surface area contributed by atoms with Crippen LogP contribution in [0.3, 0.4) is 0 Å². The number of ether oxygens (including phenoxy) is 1. The minimum absolute atomic E-state index is 0.110. The Morgan fingerprint density at radius 2 is 2.16 bits per heavy atom. The summed E-state index contributed by atoms with van der Waals surface area (Å²) in [5, 5.41) is 0. The number of likely N-dealkylation sites (N-methyl/N-ethyl adjacent to an activating group) is 1. The van der Waals surface area contributed by atoms with Gasteiger partial charge in [-0.1, -0.05) is 19.9 Å². The summed E-state index contributed by atoms with van der Waals surface area (Å²) in [4.78, 5) is 2.42. The summed E-state index contributed by atoms with van der Waals surface area (Å²) in [5.74, 6) is 1.61. The van der Waals surface area contributed by atoms with Gasteiger partial charge >= 0.3 is 0 Å². The summed E-state index contributed by atoms with van der Waals surface area (Å²) in [5.41, 5.74) is 9.11. The van der Waals surface area contributed by atoms with E-state index in [1.165, 1.54) is 11.1 Å². The van der Waals surface area contributed by atoms with Gasteiger partial charge in [0.1, 0.15) is 5.75 Å². The van der Waals surface area contributed by atoms with Crippen molar-refractivity contribution < 1.29 is 4.74 Å². The predicted octanol–water partition coefficient (Wildman–Crippen LogP) is 2.60. The van der Waals surface area contributed by atoms with Crippen LogP contribution >= 0.6 is 0 Å². The molecule has 1 aliphatic rings. The summed E-state index contributed by atoms with van der Waals surface area (Å²) in [6.07, 6.45) is 2.22. The molecule has 0 aromatic heterocycles. The molecule has 1 aromatic carbocycles. The Balaban J connectivity index is 2.17. The third-order valence-electron chi connectivity index (χ3n) is 4.05. The standard InChI is InChI=1S/C16H26N2O/c1-11(2)10-18(3)15-8-5-12-9-13(19-4)6-7-14(12)16(15)17/h6-7,9,11,15-16H,5,8,10,17H2,1-4H3. The number of hydrogen-bond acceptors (Lipinski definition) is 3. The molecule has 0 bridgehead atoms. The maximum Gasteiger partial charge on any atom is 0.119 e. The van der Waals surface area contributed by atoms with Gasteiger partial charge in [-0.3, -0.25) is 0 Å². The Bertz CT molecular complexity index is 431. The van der Waals surface area contributed by atoms with E-state index < -0.39 is 0 Å². The Kier molecular flexibility index (Phi) is 4.48. The van der Waals surface area contributed by atoms with E-state index in [9.17, 15) is 0 Å². The van der Waals surface area contributed by atoms with Crippen LogP contribution in [-0.2, 0) is 6.42 Å². The fourth-order valence-corrected chi connectivity index (χ4v) is 3.15. The lowest BCUT2D eigenvalue weighted by Gasteiger charge is -2.38. The first-order chi connectivity index (χ1) is 9.02. The van der Waals surface area contributed by atoms with Crippen molar-refractivity contribution in [1.29, 1.82) is 0 Å². The maximum absolute atomic E-state index is 6.48. The average molecular weight is 262 g/mol. The van der Waals surface area contributed by atoms with Gasteiger partial charge in [0, 0.05) is 18.6 Å². The summed E-state index contributed by atoms with van der Waals surface area (Å²) < 4.78 is 5.29. The number of aryl methyl sites for hydroxylation is 1. The molecule has 0 aliphatic heterocycles. The SMILES string of the molecule is COc1ccc2c(c1)CCC(N(C)CC(C)C)C2N. The zero-order valence-corrected chi connectivity index (χ0v) is 12.5. The number of nitrogens with two attached hydrogens (primary N) is 1. The van der Waals surface area contributed by atoms with Crippen molar-refractivity contribution in [1.82, 2.24) is 4.90 Å². The largest absolute Gasteiger partial charge is 0.497 e. The molecule has 106 valence electrons. The van der Waals surface area contributed by atoms with Crippen molar-refractivity contribution in [3.63, 3.8) is 0 Å². The lowest BCUT2D eigenvalue weighted by molar-refractivity contribution is 0.173. The second-order valence-electron chi connectivity index (χ2n) is 6.03. The van der Waals surface area contributed by atoms with Gasteiger partial charge in [0.25, 0.3) is 0 Å². The van der Waals surface area contributed by atoms with Crippen molar-refractivity contribution in [2.45, 2.75) is 38.8 Å². The molecule has 0 radical (unpaired) electrons. The summed E-state index contributed by atoms with van der Waals surface area (Å²) in [6.45, 7) is 5.61. The fourth-order valence-electron chi connectivity index (χ4n) is 3.15. The molecular weight excluding hydrogens is 236 g/mol. The van der Waals surface area contributed by atoms with Crippen LogP contribution < -0.4 is 10.5 Å². The van der Waals surface area contributed by atoms with Crippen LogP contribution in [0.5, 0.6) is 5.75 Å². The summed E-state index contributed by atoms with van der Waals surface area (Å²) >= 11 is 0. The monoisotopic (exact) mass is 262 g/mol. The molecule has 0 saturated carbocycles. The molecule has 0 amide bonds. The number of benzene rings is 1. The molecule has 1 aliphatic carbocycles. The first-order valence-electron chi connectivity index (χ1n) is 7.15. The quantitative estimate of drug-likeness (QED) is 0.906. The van der Waals surface area contributed by atoms with E-state index in [4.69, 9.17) is 10.5 Å². The second kappa shape index (κ2) is 5.93. The Morgan fingerprint density at radius 3 is 2.79 bits per heavy atom. The van der Waals surface area contributed by atoms with Gasteiger partial charge in [0.2, 0.25) is 0 Å². The van der Waals surface area contributed by atoms with Gasteiger partial charge in [-0.15, -0.1) is 0 Å². The highest BCUT2D eigenvalue weighted by Gasteiger charge is 2.29. The minimum Gasteiger partial charge on any atom is -0.497 e. The minimum atomic E-state index is 0.110. The van der Waals surface area contributed by atoms with E-state index in [-0.39, 0.29) is 6.04 Å². The van der Waals surface area contributed by atoms with E-state index in [0.29, 0.717) is 12.0 Å². The van der Waals surface area contributed by atoms with Crippen LogP contribution in [0.2, 0.25) is 0 Å². The van der Waals surface area contributed by atoms with Gasteiger partial charge in [0.15, 0.2) is 0 Å². The predicted molar refractivity (Wildman–Crippen MR) is 79.5 cm³/mol. The molecule has 0 saturated heterocycles. The van der Waals surface area contributed by atoms with Crippen molar-refractivity contribution >= 4 is 0 Å². The average Bonchev–Trinajstić information content (AvgIpc) is 2.37. The van der Waals surface area contributed by atoms with Crippen LogP contribution in [0, 0.1) is 5.92 Å². The highest BCUT2D eigenvalue weighted by Crippen LogP contribution is 2.33. The number of hydrogen-bond donors (Lipinski definition) is 1. The third-order valence-corrected chi connectivity index (χ3v) is 4.05. The molecule has 3 heteroatoms. The summed E-state index contributed by atoms with van der Waals surface area (Å²) in [6, 6.07) is 6.84. The molecule has 0 spiro atoms. The van der Waals surface area contributed by atoms with E-state index in [1.807, 2.05) is 6.07 Å². The molecular formula is C16H26N2O. The van der Waals surface area contributed by atoms with Gasteiger partial charge < -0.3 is 15.4 Å². The summed E-state index contributed by atoms with van der Waals surface area (Å²) in [7, 11) is 3.91. The van der Waals surface area contributed by atoms with Crippen LogP contribution in [0.1, 0.15) is 37.4 Å². The van der Waals surface area contributed by atoms with Gasteiger partial charge in [-0.25, -0.2) is 0 Å². The Hall–Kier alpha value is -1.06. The molecule has 3 nitrogen and oxygen atoms in total. The van der Waals surface area contributed by atoms with Gasteiger partial charge in [-0.05, 0) is 49.1 Å². The molecule has 0 heterocycles. The molecule has 2 N–H and O–H groups in total. The highest BCUT2D eigenvalue weighted by molar-refractivity contribution is 5.40. The lowest BCUT2D eigenvalue weighted by Crippen LogP contribution is -2.44. The normalized spacial score (nSPS) is 22.7. The van der Waals surface area contributed by atoms with E-state index >= 15 is 0 Å². The first-order valence-corrected chi connectivity index (χ1v) is 7.15. The van der Waals surface area contributed by atoms with Crippen LogP contribution in [0.4, 0.5) is 0 Å². The molecule has 2 rings (SSSR count). The van der Waals surface area contributed by atoms with E-state index in [0.717, 1.165) is 25.1 Å². The maximum atomic E-state index is 6.48. The molecule has 0 fully saturated rings. The highest BCUT2D eigenvalue weighted by atomic mass is 16.5. The number of rotatable bonds is 4. The number of nitrogens with zero attached hydrogens (tertiary/aromatic N) is 1. The molecule has 19 heavy (non-hydrogen) atoms. The fraction of sp³-hybridized carbons (Fsp3) is 0.625. The second-order valence-corrected chi connectivity index (χ2v) is 6.03. The van der Waals surface area contributed by atoms with Gasteiger partial charge in [0.05, 0.1) is 7.11 Å². The zero-order valence-electron chi connectivity index (χ0n) is 12.5. The number of methoxy groups -OCH3 is 1. The van der Waals surface area contributed by atoms with E-state index in [2.05, 4.69) is 37.9 Å². The zero-order chi connectivity index (χ0) is 14.0. The molecule has 2 unspecified atom stereocenters. The third kappa shape index (κ3) is 3.10. The lowest BCUT2D eigenvalue weighted by atomic mass is 9.83. The first kappa shape index (κ1) is 14.4. The van der Waals surface area contributed by atoms with Crippen LogP contribution in [-0.4, -0.2) is 31.6 Å². The number of fused-ring (bicyclic) bond motifs is 1. The Labute approximate surface area is 116 Å². The molecule has 2 atom stereocenters. The van der Waals surface area contributed by atoms with Crippen LogP contribution in [0.25, 0.3) is 0 Å². The van der Waals surface area contributed by atoms with Crippen molar-refractivity contribution in [3.8, 4) is 5.75 Å². The topological polar surface area (TPSA) is 38.5 Å². The smallest absolute Gasteiger partial charge is 0.119 e. The van der Waals surface area contributed by atoms with Crippen molar-refractivity contribution in [2.24, 2.45) is 11.7 Å². The Morgan fingerprint density at radius 1 is 1.42 bits per heavy atom. The van der Waals surface area contributed by atoms with Crippen LogP contribution in [0.15, 0.2) is 18.2 Å². The molecule has 1 aromatic rings.